The van der Waals surface area contributed by atoms with E-state index in [-0.39, 0.29) is 25.7 Å². The molecule has 0 aromatic heterocycles. The summed E-state index contributed by atoms with van der Waals surface area (Å²) in [4.78, 5) is 37.9. The molecule has 0 aliphatic heterocycles. The highest BCUT2D eigenvalue weighted by Crippen LogP contribution is 2.71. The lowest BCUT2D eigenvalue weighted by Crippen LogP contribution is -2.68. The Labute approximate surface area is 222 Å². The second-order valence-electron chi connectivity index (χ2n) is 12.8. The van der Waals surface area contributed by atoms with Crippen LogP contribution in [0, 0.1) is 28.6 Å². The van der Waals surface area contributed by atoms with Crippen molar-refractivity contribution in [1.82, 2.24) is 0 Å². The molecule has 4 fully saturated rings. The van der Waals surface area contributed by atoms with Crippen LogP contribution < -0.4 is 0 Å². The quantitative estimate of drug-likeness (QED) is 0.242. The summed E-state index contributed by atoms with van der Waals surface area (Å²) in [6, 6.07) is 0. The first-order chi connectivity index (χ1) is 17.3. The molecule has 1 spiro atoms. The first-order valence-electron chi connectivity index (χ1n) is 13.4. The van der Waals surface area contributed by atoms with Crippen molar-refractivity contribution >= 4 is 17.9 Å². The summed E-state index contributed by atoms with van der Waals surface area (Å²) in [5.74, 6) is -5.22. The molecule has 12 atom stereocenters. The third kappa shape index (κ3) is 3.47. The molecule has 4 aliphatic rings. The Hall–Kier alpha value is -1.79. The molecule has 0 aromatic carbocycles. The summed E-state index contributed by atoms with van der Waals surface area (Å²) in [5.41, 5.74) is -9.12. The number of aliphatic hydroxyl groups is 5. The van der Waals surface area contributed by atoms with Crippen LogP contribution in [0.25, 0.3) is 0 Å². The van der Waals surface area contributed by atoms with E-state index < -0.39 is 93.8 Å². The van der Waals surface area contributed by atoms with Crippen molar-refractivity contribution in [2.24, 2.45) is 28.6 Å². The summed E-state index contributed by atoms with van der Waals surface area (Å²) in [6.45, 7) is 9.83. The minimum atomic E-state index is -2.16. The van der Waals surface area contributed by atoms with Crippen LogP contribution in [0.4, 0.5) is 0 Å². The minimum Gasteiger partial charge on any atom is -0.461 e. The van der Waals surface area contributed by atoms with Crippen LogP contribution in [0.3, 0.4) is 0 Å². The molecule has 0 saturated heterocycles. The standard InChI is InChI=1S/C27H42O11/c1-8-18(31)38-19-14-9-10-15-25(7,34)16-11-17(30)23(4,5)27(16,35)21(37-13(3)29)20(36-12(2)28)26(15,19)22(32)24(14,6)33/h14-17,19-22,30,32-35H,8-11H2,1-7H3/t14-,15+,16+,17+,19-,20-,21-,22+,24+,25-,26+,27+/m1/s1. The van der Waals surface area contributed by atoms with Crippen molar-refractivity contribution in [1.29, 1.82) is 0 Å². The Kier molecular flexibility index (Phi) is 6.81. The highest BCUT2D eigenvalue weighted by Gasteiger charge is 2.84. The summed E-state index contributed by atoms with van der Waals surface area (Å²) in [6.07, 6.45) is -7.08. The molecule has 11 nitrogen and oxygen atoms in total. The van der Waals surface area contributed by atoms with E-state index in [9.17, 15) is 39.9 Å². The number of carbonyl (C=O) groups is 3. The Balaban J connectivity index is 2.12. The molecule has 5 N–H and O–H groups in total. The highest BCUT2D eigenvalue weighted by molar-refractivity contribution is 5.70. The summed E-state index contributed by atoms with van der Waals surface area (Å²) in [5, 5.41) is 59.6. The lowest BCUT2D eigenvalue weighted by molar-refractivity contribution is -0.254. The van der Waals surface area contributed by atoms with Crippen LogP contribution in [0.1, 0.15) is 74.1 Å². The van der Waals surface area contributed by atoms with Crippen LogP contribution in [0.2, 0.25) is 0 Å². The van der Waals surface area contributed by atoms with Crippen molar-refractivity contribution in [2.75, 3.05) is 0 Å². The van der Waals surface area contributed by atoms with E-state index in [1.807, 2.05) is 0 Å². The topological polar surface area (TPSA) is 180 Å². The van der Waals surface area contributed by atoms with Gasteiger partial charge in [-0.25, -0.2) is 0 Å². The summed E-state index contributed by atoms with van der Waals surface area (Å²) < 4.78 is 17.5. The van der Waals surface area contributed by atoms with Crippen LogP contribution >= 0.6 is 0 Å². The van der Waals surface area contributed by atoms with Crippen LogP contribution in [0.5, 0.6) is 0 Å². The van der Waals surface area contributed by atoms with E-state index in [1.165, 1.54) is 13.8 Å². The third-order valence-electron chi connectivity index (χ3n) is 10.6. The van der Waals surface area contributed by atoms with Gasteiger partial charge in [0.05, 0.1) is 28.8 Å². The predicted octanol–water partition coefficient (Wildman–Crippen LogP) is 0.212. The predicted molar refractivity (Wildman–Crippen MR) is 130 cm³/mol. The number of hydrogen-bond acceptors (Lipinski definition) is 11. The van der Waals surface area contributed by atoms with Gasteiger partial charge in [0.25, 0.3) is 0 Å². The fourth-order valence-electron chi connectivity index (χ4n) is 8.74. The maximum absolute atomic E-state index is 12.7. The Morgan fingerprint density at radius 1 is 0.789 bits per heavy atom. The van der Waals surface area contributed by atoms with E-state index >= 15 is 0 Å². The minimum absolute atomic E-state index is 0.0179. The molecule has 4 aliphatic carbocycles. The average Bonchev–Trinajstić information content (AvgIpc) is 3.02. The van der Waals surface area contributed by atoms with Crippen LogP contribution in [0.15, 0.2) is 0 Å². The Morgan fingerprint density at radius 3 is 1.87 bits per heavy atom. The van der Waals surface area contributed by atoms with Gasteiger partial charge in [-0.15, -0.1) is 0 Å². The van der Waals surface area contributed by atoms with Gasteiger partial charge < -0.3 is 39.7 Å². The molecule has 0 heterocycles. The number of rotatable bonds is 4. The fourth-order valence-corrected chi connectivity index (χ4v) is 8.74. The van der Waals surface area contributed by atoms with E-state index in [2.05, 4.69) is 0 Å². The first-order valence-corrected chi connectivity index (χ1v) is 13.4. The largest absolute Gasteiger partial charge is 0.461 e. The zero-order valence-corrected chi connectivity index (χ0v) is 23.1. The molecule has 11 heteroatoms. The lowest BCUT2D eigenvalue weighted by Gasteiger charge is -2.54. The first kappa shape index (κ1) is 29.2. The van der Waals surface area contributed by atoms with Gasteiger partial charge >= 0.3 is 17.9 Å². The Morgan fingerprint density at radius 2 is 1.34 bits per heavy atom. The van der Waals surface area contributed by atoms with Crippen molar-refractivity contribution in [3.05, 3.63) is 0 Å². The maximum Gasteiger partial charge on any atom is 0.305 e. The van der Waals surface area contributed by atoms with Crippen molar-refractivity contribution in [2.45, 2.75) is 121 Å². The van der Waals surface area contributed by atoms with Gasteiger partial charge in [0.15, 0.2) is 12.2 Å². The summed E-state index contributed by atoms with van der Waals surface area (Å²) in [7, 11) is 0. The molecule has 0 unspecified atom stereocenters. The van der Waals surface area contributed by atoms with Crippen LogP contribution in [-0.4, -0.2) is 90.8 Å². The molecular formula is C27H42O11. The second kappa shape index (κ2) is 8.86. The zero-order chi connectivity index (χ0) is 28.8. The monoisotopic (exact) mass is 542 g/mol. The third-order valence-corrected chi connectivity index (χ3v) is 10.6. The highest BCUT2D eigenvalue weighted by atomic mass is 16.6. The molecule has 4 saturated carbocycles. The lowest BCUT2D eigenvalue weighted by atomic mass is 9.56. The number of carbonyl (C=O) groups excluding carboxylic acids is 3. The number of ether oxygens (including phenoxy) is 3. The Bertz CT molecular complexity index is 1000. The van der Waals surface area contributed by atoms with Gasteiger partial charge in [-0.05, 0) is 33.1 Å². The molecular weight excluding hydrogens is 500 g/mol. The van der Waals surface area contributed by atoms with E-state index in [1.54, 1.807) is 20.8 Å². The van der Waals surface area contributed by atoms with E-state index in [0.29, 0.717) is 0 Å². The number of fused-ring (bicyclic) bond motifs is 2. The molecule has 216 valence electrons. The summed E-state index contributed by atoms with van der Waals surface area (Å²) >= 11 is 0. The smallest absolute Gasteiger partial charge is 0.305 e. The van der Waals surface area contributed by atoms with E-state index in [4.69, 9.17) is 14.2 Å². The van der Waals surface area contributed by atoms with Gasteiger partial charge in [-0.3, -0.25) is 14.4 Å². The van der Waals surface area contributed by atoms with Gasteiger partial charge in [0, 0.05) is 43.4 Å². The van der Waals surface area contributed by atoms with Gasteiger partial charge in [-0.1, -0.05) is 20.8 Å². The van der Waals surface area contributed by atoms with Crippen LogP contribution in [-0.2, 0) is 28.6 Å². The fraction of sp³-hybridized carbons (Fsp3) is 0.889. The van der Waals surface area contributed by atoms with Crippen molar-refractivity contribution in [3.63, 3.8) is 0 Å². The zero-order valence-electron chi connectivity index (χ0n) is 23.1. The van der Waals surface area contributed by atoms with Gasteiger partial charge in [0.1, 0.15) is 11.7 Å². The number of hydrogen-bond donors (Lipinski definition) is 5. The second-order valence-corrected chi connectivity index (χ2v) is 12.8. The molecule has 2 bridgehead atoms. The van der Waals surface area contributed by atoms with Crippen molar-refractivity contribution in [3.8, 4) is 0 Å². The van der Waals surface area contributed by atoms with Crippen molar-refractivity contribution < 1.29 is 54.1 Å². The molecule has 4 rings (SSSR count). The van der Waals surface area contributed by atoms with Gasteiger partial charge in [0.2, 0.25) is 0 Å². The molecule has 38 heavy (non-hydrogen) atoms. The molecule has 0 aromatic rings. The normalized spacial score (nSPS) is 50.8. The van der Waals surface area contributed by atoms with E-state index in [0.717, 1.165) is 13.8 Å². The molecule has 0 radical (unpaired) electrons. The maximum atomic E-state index is 12.7. The number of esters is 3. The SMILES string of the molecule is CCC(=O)O[C@@H]1[C@H]2CC[C@H]3[C@@](C)(O)[C@@H]4C[C@H](O)C(C)(C)[C@@]4(O)[C@H](OC(C)=O)[C@@H](OC(C)=O)[C@@]13[C@@H](O)[C@@]2(C)O. The van der Waals surface area contributed by atoms with Gasteiger partial charge in [-0.2, -0.15) is 0 Å². The molecule has 0 amide bonds. The average molecular weight is 543 g/mol. The number of aliphatic hydroxyl groups excluding tert-OH is 2.